The third-order valence-corrected chi connectivity index (χ3v) is 4.18. The van der Waals surface area contributed by atoms with Gasteiger partial charge < -0.3 is 0 Å². The maximum atomic E-state index is 2.68. The van der Waals surface area contributed by atoms with Crippen molar-refractivity contribution < 1.29 is 0 Å². The van der Waals surface area contributed by atoms with Gasteiger partial charge >= 0.3 is 0 Å². The lowest BCUT2D eigenvalue weighted by Crippen LogP contribution is -2.31. The van der Waals surface area contributed by atoms with Crippen molar-refractivity contribution in [2.75, 3.05) is 0 Å². The lowest BCUT2D eigenvalue weighted by Gasteiger charge is -2.43. The third kappa shape index (κ3) is 2.89. The average Bonchev–Trinajstić information content (AvgIpc) is 2.25. The van der Waals surface area contributed by atoms with E-state index in [1.54, 1.807) is 0 Å². The predicted molar refractivity (Wildman–Crippen MR) is 68.6 cm³/mol. The van der Waals surface area contributed by atoms with E-state index in [-0.39, 0.29) is 0 Å². The van der Waals surface area contributed by atoms with Crippen molar-refractivity contribution in [1.29, 1.82) is 0 Å². The van der Waals surface area contributed by atoms with Gasteiger partial charge in [-0.15, -0.1) is 0 Å². The molecule has 0 amide bonds. The number of hydrogen-bond donors (Lipinski definition) is 0. The molecule has 1 radical (unpaired) electrons. The monoisotopic (exact) mass is 203 g/mol. The molecule has 2 aliphatic heterocycles. The largest absolute Gasteiger partial charge is 0.127 e. The summed E-state index contributed by atoms with van der Waals surface area (Å²) in [5.74, 6) is 0.948. The summed E-state index contributed by atoms with van der Waals surface area (Å²) in [5, 5.41) is 0.523. The predicted octanol–water partition coefficient (Wildman–Crippen LogP) is 4.75. The van der Waals surface area contributed by atoms with Crippen LogP contribution in [0.5, 0.6) is 0 Å². The van der Waals surface area contributed by atoms with E-state index in [0.29, 0.717) is 5.31 Å². The van der Waals surface area contributed by atoms with E-state index >= 15 is 0 Å². The molecule has 0 spiro atoms. The summed E-state index contributed by atoms with van der Waals surface area (Å²) in [7, 11) is 2.68. The fourth-order valence-electron chi connectivity index (χ4n) is 3.32. The Labute approximate surface area is 95.8 Å². The molecule has 0 unspecified atom stereocenters. The minimum atomic E-state index is 0.523. The zero-order chi connectivity index (χ0) is 10.6. The van der Waals surface area contributed by atoms with Gasteiger partial charge in [0.15, 0.2) is 0 Å². The molecular formula is C14H24B. The van der Waals surface area contributed by atoms with Crippen molar-refractivity contribution in [2.24, 2.45) is 0 Å². The van der Waals surface area contributed by atoms with E-state index in [1.807, 2.05) is 0 Å². The molecule has 1 heteroatoms. The summed E-state index contributed by atoms with van der Waals surface area (Å²) < 4.78 is 0. The summed E-state index contributed by atoms with van der Waals surface area (Å²) in [6.07, 6.45) is 17.7. The van der Waals surface area contributed by atoms with Crippen LogP contribution < -0.4 is 0 Å². The van der Waals surface area contributed by atoms with Crippen LogP contribution in [-0.2, 0) is 0 Å². The molecule has 0 saturated carbocycles. The Morgan fingerprint density at radius 2 is 2.00 bits per heavy atom. The van der Waals surface area contributed by atoms with Crippen LogP contribution in [0.2, 0.25) is 11.1 Å². The first kappa shape index (κ1) is 11.3. The molecule has 2 bridgehead atoms. The molecule has 2 fully saturated rings. The van der Waals surface area contributed by atoms with Crippen LogP contribution in [0.1, 0.15) is 64.7 Å². The Morgan fingerprint density at radius 1 is 1.27 bits per heavy atom. The second-order valence-electron chi connectivity index (χ2n) is 5.49. The van der Waals surface area contributed by atoms with Crippen LogP contribution >= 0.6 is 0 Å². The standard InChI is InChI=1S/C14H24B/c1-2-3-4-5-10-14-11-6-8-13(15-14)9-7-12-14/h5,10,13H,2-4,6-9,11-12H2,1H3. The molecule has 83 valence electrons. The quantitative estimate of drug-likeness (QED) is 0.351. The summed E-state index contributed by atoms with van der Waals surface area (Å²) in [6.45, 7) is 2.27. The zero-order valence-corrected chi connectivity index (χ0v) is 10.2. The SMILES string of the molecule is CCCCC=CC12[B]C(CCC1)CCC2. The summed E-state index contributed by atoms with van der Waals surface area (Å²) in [6, 6.07) is 0. The minimum absolute atomic E-state index is 0.523. The first-order valence-corrected chi connectivity index (χ1v) is 6.88. The average molecular weight is 203 g/mol. The van der Waals surface area contributed by atoms with Gasteiger partial charge in [-0.2, -0.15) is 0 Å². The number of hydrogen-bond acceptors (Lipinski definition) is 0. The molecule has 0 aromatic heterocycles. The van der Waals surface area contributed by atoms with Crippen LogP contribution in [0.4, 0.5) is 0 Å². The molecule has 0 aromatic rings. The highest BCUT2D eigenvalue weighted by atomic mass is 14.3. The van der Waals surface area contributed by atoms with Gasteiger partial charge in [0.1, 0.15) is 7.28 Å². The van der Waals surface area contributed by atoms with Gasteiger partial charge in [-0.1, -0.05) is 76.3 Å². The van der Waals surface area contributed by atoms with E-state index in [1.165, 1.54) is 57.8 Å². The summed E-state index contributed by atoms with van der Waals surface area (Å²) in [4.78, 5) is 0. The number of fused-ring (bicyclic) bond motifs is 2. The molecule has 2 heterocycles. The maximum Gasteiger partial charge on any atom is 0.127 e. The Balaban J connectivity index is 1.89. The Morgan fingerprint density at radius 3 is 2.67 bits per heavy atom. The van der Waals surface area contributed by atoms with Gasteiger partial charge in [0.2, 0.25) is 0 Å². The fraction of sp³-hybridized carbons (Fsp3) is 0.857. The van der Waals surface area contributed by atoms with Crippen molar-refractivity contribution in [2.45, 2.75) is 75.8 Å². The van der Waals surface area contributed by atoms with Gasteiger partial charge in [0, 0.05) is 0 Å². The topological polar surface area (TPSA) is 0 Å². The zero-order valence-electron chi connectivity index (χ0n) is 10.2. The fourth-order valence-corrected chi connectivity index (χ4v) is 3.32. The lowest BCUT2D eigenvalue weighted by atomic mass is 9.36. The molecule has 2 aliphatic rings. The van der Waals surface area contributed by atoms with E-state index in [2.05, 4.69) is 26.4 Å². The highest BCUT2D eigenvalue weighted by Gasteiger charge is 2.37. The molecule has 0 aromatic carbocycles. The normalized spacial score (nSPS) is 35.4. The molecule has 2 saturated heterocycles. The Hall–Kier alpha value is -0.195. The van der Waals surface area contributed by atoms with E-state index in [9.17, 15) is 0 Å². The molecule has 0 N–H and O–H groups in total. The first-order chi connectivity index (χ1) is 7.35. The van der Waals surface area contributed by atoms with Gasteiger partial charge in [0.25, 0.3) is 0 Å². The van der Waals surface area contributed by atoms with Crippen molar-refractivity contribution in [1.82, 2.24) is 0 Å². The number of allylic oxidation sites excluding steroid dienone is 2. The maximum absolute atomic E-state index is 2.68. The van der Waals surface area contributed by atoms with Crippen molar-refractivity contribution in [3.8, 4) is 0 Å². The molecule has 0 atom stereocenters. The second-order valence-corrected chi connectivity index (χ2v) is 5.49. The number of unbranched alkanes of at least 4 members (excludes halogenated alkanes) is 2. The molecule has 2 rings (SSSR count). The van der Waals surface area contributed by atoms with Crippen LogP contribution in [0, 0.1) is 0 Å². The van der Waals surface area contributed by atoms with Crippen molar-refractivity contribution in [3.63, 3.8) is 0 Å². The van der Waals surface area contributed by atoms with E-state index in [4.69, 9.17) is 0 Å². The van der Waals surface area contributed by atoms with Crippen LogP contribution in [0.25, 0.3) is 0 Å². The highest BCUT2D eigenvalue weighted by Crippen LogP contribution is 2.52. The van der Waals surface area contributed by atoms with Crippen molar-refractivity contribution >= 4 is 7.28 Å². The Bertz CT molecular complexity index is 209. The van der Waals surface area contributed by atoms with Crippen molar-refractivity contribution in [3.05, 3.63) is 12.2 Å². The van der Waals surface area contributed by atoms with Crippen LogP contribution in [-0.4, -0.2) is 7.28 Å². The molecule has 0 nitrogen and oxygen atoms in total. The van der Waals surface area contributed by atoms with E-state index < -0.39 is 0 Å². The number of rotatable bonds is 4. The Kier molecular flexibility index (Phi) is 3.94. The first-order valence-electron chi connectivity index (χ1n) is 6.88. The second kappa shape index (κ2) is 5.23. The summed E-state index contributed by atoms with van der Waals surface area (Å²) in [5.41, 5.74) is 0. The van der Waals surface area contributed by atoms with Gasteiger partial charge in [-0.05, 0) is 11.7 Å². The van der Waals surface area contributed by atoms with Gasteiger partial charge in [0.05, 0.1) is 0 Å². The lowest BCUT2D eigenvalue weighted by molar-refractivity contribution is 0.397. The van der Waals surface area contributed by atoms with Crippen LogP contribution in [0.15, 0.2) is 12.2 Å². The highest BCUT2D eigenvalue weighted by molar-refractivity contribution is 6.43. The third-order valence-electron chi connectivity index (χ3n) is 4.18. The van der Waals surface area contributed by atoms with Crippen LogP contribution in [0.3, 0.4) is 0 Å². The molecular weight excluding hydrogens is 179 g/mol. The molecule has 15 heavy (non-hydrogen) atoms. The van der Waals surface area contributed by atoms with E-state index in [0.717, 1.165) is 5.82 Å². The smallest absolute Gasteiger partial charge is 0.0903 e. The van der Waals surface area contributed by atoms with Gasteiger partial charge in [-0.25, -0.2) is 0 Å². The minimum Gasteiger partial charge on any atom is -0.0903 e. The van der Waals surface area contributed by atoms with Gasteiger partial charge in [-0.3, -0.25) is 0 Å². The molecule has 0 aliphatic carbocycles. The summed E-state index contributed by atoms with van der Waals surface area (Å²) >= 11 is 0.